The second-order valence-corrected chi connectivity index (χ2v) is 16.7. The molecule has 4 bridgehead atoms. The Labute approximate surface area is 303 Å². The van der Waals surface area contributed by atoms with Crippen LogP contribution in [0.4, 0.5) is 4.79 Å². The van der Waals surface area contributed by atoms with Crippen molar-refractivity contribution < 1.29 is 41.8 Å². The van der Waals surface area contributed by atoms with Crippen LogP contribution in [0.3, 0.4) is 0 Å². The highest BCUT2D eigenvalue weighted by atomic mass is 32.2. The number of methoxy groups -OCH3 is 1. The van der Waals surface area contributed by atoms with E-state index in [2.05, 4.69) is 26.9 Å². The molecule has 4 amide bonds. The fraction of sp³-hybridized carbons (Fsp3) is 0.595. The monoisotopic (exact) mass is 737 g/mol. The largest absolute Gasteiger partial charge is 0.496 e. The summed E-state index contributed by atoms with van der Waals surface area (Å²) in [7, 11) is -2.26. The van der Waals surface area contributed by atoms with Crippen molar-refractivity contribution >= 4 is 44.6 Å². The summed E-state index contributed by atoms with van der Waals surface area (Å²) in [4.78, 5) is 61.4. The van der Waals surface area contributed by atoms with E-state index in [1.54, 1.807) is 13.3 Å². The number of alkyl carbamates (subject to hydrolysis) is 1. The van der Waals surface area contributed by atoms with Crippen LogP contribution in [0.2, 0.25) is 0 Å². The molecule has 2 aromatic rings. The zero-order valence-corrected chi connectivity index (χ0v) is 30.3. The molecule has 7 rings (SSSR count). The summed E-state index contributed by atoms with van der Waals surface area (Å²) in [6.45, 7) is 3.99. The number of carbonyl (C=O) groups excluding carboxylic acids is 4. The van der Waals surface area contributed by atoms with Crippen molar-refractivity contribution in [2.24, 2.45) is 11.8 Å². The van der Waals surface area contributed by atoms with Crippen LogP contribution in [0, 0.1) is 11.8 Å². The second-order valence-electron chi connectivity index (χ2n) is 14.8. The Morgan fingerprint density at radius 3 is 2.62 bits per heavy atom. The lowest BCUT2D eigenvalue weighted by Gasteiger charge is -2.32. The highest BCUT2D eigenvalue weighted by molar-refractivity contribution is 7.91. The maximum atomic E-state index is 14.6. The molecule has 280 valence electrons. The third kappa shape index (κ3) is 7.28. The van der Waals surface area contributed by atoms with Crippen molar-refractivity contribution in [3.8, 4) is 11.6 Å². The van der Waals surface area contributed by atoms with Gasteiger partial charge in [0.05, 0.1) is 25.5 Å². The first-order valence-electron chi connectivity index (χ1n) is 18.4. The molecule has 5 atom stereocenters. The lowest BCUT2D eigenvalue weighted by molar-refractivity contribution is -0.142. The van der Waals surface area contributed by atoms with Gasteiger partial charge < -0.3 is 29.7 Å². The fourth-order valence-electron chi connectivity index (χ4n) is 8.03. The van der Waals surface area contributed by atoms with Crippen LogP contribution in [0.25, 0.3) is 10.8 Å². The van der Waals surface area contributed by atoms with E-state index in [4.69, 9.17) is 14.2 Å². The number of ether oxygens (including phenoxy) is 3. The Morgan fingerprint density at radius 2 is 1.90 bits per heavy atom. The van der Waals surface area contributed by atoms with Crippen LogP contribution in [0.5, 0.6) is 11.6 Å². The van der Waals surface area contributed by atoms with Crippen molar-refractivity contribution in [3.05, 3.63) is 42.6 Å². The van der Waals surface area contributed by atoms with Gasteiger partial charge in [-0.2, -0.15) is 0 Å². The number of sulfonamides is 1. The van der Waals surface area contributed by atoms with Crippen molar-refractivity contribution in [1.29, 1.82) is 0 Å². The number of carbonyl (C=O) groups is 4. The summed E-state index contributed by atoms with van der Waals surface area (Å²) in [6.07, 6.45) is 9.24. The Kier molecular flexibility index (Phi) is 10.1. The van der Waals surface area contributed by atoms with Crippen molar-refractivity contribution in [2.45, 2.75) is 106 Å². The van der Waals surface area contributed by atoms with Crippen molar-refractivity contribution in [3.63, 3.8) is 0 Å². The molecular formula is C37H47N5O9S. The molecule has 0 radical (unpaired) electrons. The summed E-state index contributed by atoms with van der Waals surface area (Å²) in [5, 5.41) is 6.65. The van der Waals surface area contributed by atoms with Gasteiger partial charge in [0.15, 0.2) is 0 Å². The van der Waals surface area contributed by atoms with Crippen LogP contribution in [0.15, 0.2) is 37.1 Å². The molecule has 0 unspecified atom stereocenters. The minimum atomic E-state index is -3.88. The maximum Gasteiger partial charge on any atom is 0.407 e. The van der Waals surface area contributed by atoms with E-state index in [9.17, 15) is 27.6 Å². The molecule has 4 fully saturated rings. The molecule has 0 spiro atoms. The lowest BCUT2D eigenvalue weighted by Crippen LogP contribution is -2.59. The third-order valence-electron chi connectivity index (χ3n) is 11.2. The van der Waals surface area contributed by atoms with Gasteiger partial charge in [0, 0.05) is 23.9 Å². The molecule has 14 nitrogen and oxygen atoms in total. The predicted octanol–water partition coefficient (Wildman–Crippen LogP) is 3.27. The number of cyclic esters (lactones) is 1. The van der Waals surface area contributed by atoms with Gasteiger partial charge in [0.25, 0.3) is 5.91 Å². The fourth-order valence-corrected chi connectivity index (χ4v) is 9.39. The number of amides is 4. The van der Waals surface area contributed by atoms with Gasteiger partial charge in [-0.15, -0.1) is 6.58 Å². The molecule has 3 aliphatic carbocycles. The zero-order valence-electron chi connectivity index (χ0n) is 29.4. The number of pyridine rings is 1. The number of nitrogens with one attached hydrogen (secondary N) is 3. The van der Waals surface area contributed by atoms with Crippen LogP contribution in [0.1, 0.15) is 76.2 Å². The smallest absolute Gasteiger partial charge is 0.407 e. The molecule has 1 aromatic heterocycles. The number of hydrogen-bond acceptors (Lipinski definition) is 10. The number of hydrogen-bond donors (Lipinski definition) is 3. The summed E-state index contributed by atoms with van der Waals surface area (Å²) < 4.78 is 45.3. The molecule has 3 N–H and O–H groups in total. The molecule has 52 heavy (non-hydrogen) atoms. The molecule has 1 aromatic carbocycles. The number of aryl methyl sites for hydroxylation is 1. The standard InChI is InChI=1S/C37H47N5O9S/c1-3-25-20-37(25,35(45)41-52(47,48)27-12-13-27)40-32(43)29-19-26-21-42(29)34(44)31(22-9-6-7-10-22)39-36(46)50-16-8-4-5-11-24-17-28-23(18-30(24)49-2)14-15-38-33(28)51-26/h3,14-15,17-18,22,25-27,29,31H,1,4-13,16,19-21H2,2H3,(H,39,46)(H,40,43)(H,41,45)/t25-,26-,29+,31+,37-/m1/s1. The van der Waals surface area contributed by atoms with Crippen LogP contribution in [-0.4, -0.2) is 91.4 Å². The van der Waals surface area contributed by atoms with E-state index in [-0.39, 0.29) is 31.9 Å². The van der Waals surface area contributed by atoms with Gasteiger partial charge in [-0.3, -0.25) is 19.1 Å². The molecule has 15 heteroatoms. The SMILES string of the molecule is C=C[C@@H]1C[C@]1(NC(=O)[C@@H]1C[C@@H]2CN1C(=O)[C@H](C1CCCC1)NC(=O)OCCCCCc1cc3c(nccc3cc1OC)O2)C(=O)NS(=O)(=O)C1CC1. The lowest BCUT2D eigenvalue weighted by atomic mass is 9.96. The molecule has 3 saturated carbocycles. The van der Waals surface area contributed by atoms with E-state index >= 15 is 0 Å². The van der Waals surface area contributed by atoms with Gasteiger partial charge in [0.1, 0.15) is 29.5 Å². The minimum absolute atomic E-state index is 0.0120. The topological polar surface area (TPSA) is 182 Å². The third-order valence-corrected chi connectivity index (χ3v) is 13.1. The van der Waals surface area contributed by atoms with Gasteiger partial charge in [0.2, 0.25) is 27.7 Å². The van der Waals surface area contributed by atoms with Gasteiger partial charge >= 0.3 is 6.09 Å². The molecule has 1 saturated heterocycles. The van der Waals surface area contributed by atoms with E-state index < -0.39 is 68.7 Å². The number of aromatic nitrogens is 1. The summed E-state index contributed by atoms with van der Waals surface area (Å²) in [5.41, 5.74) is -0.554. The Balaban J connectivity index is 1.21. The van der Waals surface area contributed by atoms with E-state index in [1.165, 1.54) is 11.0 Å². The molecule has 2 aliphatic heterocycles. The Hall–Kier alpha value is -4.40. The zero-order chi connectivity index (χ0) is 36.6. The highest BCUT2D eigenvalue weighted by Crippen LogP contribution is 2.46. The molecule has 3 heterocycles. The Morgan fingerprint density at radius 1 is 1.12 bits per heavy atom. The van der Waals surface area contributed by atoms with E-state index in [0.717, 1.165) is 67.0 Å². The summed E-state index contributed by atoms with van der Waals surface area (Å²) >= 11 is 0. The second kappa shape index (κ2) is 14.6. The molecular weight excluding hydrogens is 691 g/mol. The molecule has 5 aliphatic rings. The summed E-state index contributed by atoms with van der Waals surface area (Å²) in [5.74, 6) is -1.45. The van der Waals surface area contributed by atoms with E-state index in [1.807, 2.05) is 18.2 Å². The van der Waals surface area contributed by atoms with Crippen molar-refractivity contribution in [1.82, 2.24) is 25.2 Å². The quantitative estimate of drug-likeness (QED) is 0.340. The number of nitrogens with zero attached hydrogens (tertiary/aromatic N) is 2. The predicted molar refractivity (Wildman–Crippen MR) is 190 cm³/mol. The number of rotatable bonds is 8. The number of fused-ring (bicyclic) bond motifs is 3. The van der Waals surface area contributed by atoms with Gasteiger partial charge in [-0.25, -0.2) is 18.2 Å². The normalized spacial score (nSPS) is 28.6. The van der Waals surface area contributed by atoms with Crippen molar-refractivity contribution in [2.75, 3.05) is 20.3 Å². The maximum absolute atomic E-state index is 14.6. The van der Waals surface area contributed by atoms with Crippen LogP contribution >= 0.6 is 0 Å². The average molecular weight is 738 g/mol. The minimum Gasteiger partial charge on any atom is -0.496 e. The Bertz CT molecular complexity index is 1860. The van der Waals surface area contributed by atoms with Crippen LogP contribution < -0.4 is 24.8 Å². The first kappa shape index (κ1) is 36.0. The summed E-state index contributed by atoms with van der Waals surface area (Å²) in [6, 6.07) is 3.78. The highest BCUT2D eigenvalue weighted by Gasteiger charge is 2.62. The first-order chi connectivity index (χ1) is 25.0. The van der Waals surface area contributed by atoms with Crippen LogP contribution in [-0.2, 0) is 35.6 Å². The number of benzene rings is 1. The van der Waals surface area contributed by atoms with E-state index in [0.29, 0.717) is 25.1 Å². The van der Waals surface area contributed by atoms with Gasteiger partial charge in [-0.1, -0.05) is 18.9 Å². The first-order valence-corrected chi connectivity index (χ1v) is 19.9. The average Bonchev–Trinajstić information content (AvgIpc) is 4.00. The van der Waals surface area contributed by atoms with Gasteiger partial charge in [-0.05, 0) is 92.9 Å².